The van der Waals surface area contributed by atoms with Crippen LogP contribution in [0.5, 0.6) is 0 Å². The van der Waals surface area contributed by atoms with E-state index in [-0.39, 0.29) is 5.82 Å². The molecule has 0 spiro atoms. The van der Waals surface area contributed by atoms with Crippen molar-refractivity contribution in [2.24, 2.45) is 0 Å². The second kappa shape index (κ2) is 7.66. The molecule has 1 aromatic carbocycles. The highest BCUT2D eigenvalue weighted by molar-refractivity contribution is 9.10. The Balaban J connectivity index is 2.19. The molecule has 0 heterocycles. The Morgan fingerprint density at radius 2 is 1.94 bits per heavy atom. The summed E-state index contributed by atoms with van der Waals surface area (Å²) in [6.07, 6.45) is 6.28. The summed E-state index contributed by atoms with van der Waals surface area (Å²) in [6, 6.07) is 5.14. The van der Waals surface area contributed by atoms with E-state index in [9.17, 15) is 4.39 Å². The minimum Gasteiger partial charge on any atom is -0.385 e. The molecule has 1 aromatic rings. The Morgan fingerprint density at radius 3 is 2.62 bits per heavy atom. The molecule has 0 bridgehead atoms. The summed E-state index contributed by atoms with van der Waals surface area (Å²) in [6.45, 7) is 3.13. The van der Waals surface area contributed by atoms with Gasteiger partial charge in [0.05, 0.1) is 4.47 Å². The predicted molar refractivity (Wildman–Crippen MR) is 71.3 cm³/mol. The van der Waals surface area contributed by atoms with Crippen molar-refractivity contribution in [1.82, 2.24) is 0 Å². The van der Waals surface area contributed by atoms with Crippen molar-refractivity contribution in [3.63, 3.8) is 0 Å². The summed E-state index contributed by atoms with van der Waals surface area (Å²) in [5.74, 6) is -0.212. The van der Waals surface area contributed by atoms with E-state index in [0.717, 1.165) is 18.7 Å². The second-order valence-corrected chi connectivity index (χ2v) is 4.82. The number of halogens is 2. The molecule has 1 nitrogen and oxygen atoms in total. The molecule has 0 saturated carbocycles. The maximum atomic E-state index is 13.2. The van der Waals surface area contributed by atoms with Gasteiger partial charge in [-0.1, -0.05) is 32.6 Å². The summed E-state index contributed by atoms with van der Waals surface area (Å²) in [5.41, 5.74) is 0.858. The van der Waals surface area contributed by atoms with Crippen LogP contribution in [0.3, 0.4) is 0 Å². The normalized spacial score (nSPS) is 10.4. The zero-order valence-electron chi connectivity index (χ0n) is 9.73. The van der Waals surface area contributed by atoms with Crippen molar-refractivity contribution in [2.45, 2.75) is 39.0 Å². The maximum Gasteiger partial charge on any atom is 0.139 e. The van der Waals surface area contributed by atoms with E-state index in [1.54, 1.807) is 6.07 Å². The first kappa shape index (κ1) is 13.5. The lowest BCUT2D eigenvalue weighted by atomic mass is 10.1. The fraction of sp³-hybridized carbons (Fsp3) is 0.538. The molecule has 90 valence electrons. The number of hydrogen-bond acceptors (Lipinski definition) is 1. The van der Waals surface area contributed by atoms with Gasteiger partial charge in [0.2, 0.25) is 0 Å². The van der Waals surface area contributed by atoms with E-state index in [1.165, 1.54) is 31.7 Å². The lowest BCUT2D eigenvalue weighted by Gasteiger charge is -2.06. The number of nitrogens with one attached hydrogen (secondary N) is 1. The standard InChI is InChI=1S/C13H19BrFN/c1-2-3-4-5-6-9-16-11-7-8-12(14)13(15)10-11/h7-8,10,16H,2-6,9H2,1H3. The van der Waals surface area contributed by atoms with Crippen molar-refractivity contribution in [1.29, 1.82) is 0 Å². The maximum absolute atomic E-state index is 13.2. The molecule has 16 heavy (non-hydrogen) atoms. The van der Waals surface area contributed by atoms with Gasteiger partial charge < -0.3 is 5.32 Å². The van der Waals surface area contributed by atoms with Crippen LogP contribution in [0.1, 0.15) is 39.0 Å². The predicted octanol–water partition coefficient (Wildman–Crippen LogP) is 4.97. The summed E-state index contributed by atoms with van der Waals surface area (Å²) >= 11 is 3.14. The van der Waals surface area contributed by atoms with Gasteiger partial charge in [-0.3, -0.25) is 0 Å². The first-order valence-electron chi connectivity index (χ1n) is 5.93. The van der Waals surface area contributed by atoms with Crippen LogP contribution in [-0.2, 0) is 0 Å². The van der Waals surface area contributed by atoms with Crippen LogP contribution >= 0.6 is 15.9 Å². The van der Waals surface area contributed by atoms with Crippen LogP contribution in [0, 0.1) is 5.82 Å². The number of rotatable bonds is 7. The molecule has 1 rings (SSSR count). The average molecular weight is 288 g/mol. The van der Waals surface area contributed by atoms with Crippen LogP contribution in [0.2, 0.25) is 0 Å². The van der Waals surface area contributed by atoms with Crippen molar-refractivity contribution < 1.29 is 4.39 Å². The zero-order valence-corrected chi connectivity index (χ0v) is 11.3. The van der Waals surface area contributed by atoms with Crippen LogP contribution in [-0.4, -0.2) is 6.54 Å². The lowest BCUT2D eigenvalue weighted by Crippen LogP contribution is -2.01. The van der Waals surface area contributed by atoms with Crippen LogP contribution in [0.15, 0.2) is 22.7 Å². The number of unbranched alkanes of at least 4 members (excludes halogenated alkanes) is 4. The van der Waals surface area contributed by atoms with Gasteiger partial charge in [-0.25, -0.2) is 4.39 Å². The SMILES string of the molecule is CCCCCCCNc1ccc(Br)c(F)c1. The Kier molecular flexibility index (Phi) is 6.46. The van der Waals surface area contributed by atoms with E-state index in [4.69, 9.17) is 0 Å². The molecule has 0 fully saturated rings. The molecule has 0 aliphatic carbocycles. The molecular formula is C13H19BrFN. The van der Waals surface area contributed by atoms with Gasteiger partial charge in [0.15, 0.2) is 0 Å². The largest absolute Gasteiger partial charge is 0.385 e. The Hall–Kier alpha value is -0.570. The third-order valence-electron chi connectivity index (χ3n) is 2.53. The van der Waals surface area contributed by atoms with Crippen LogP contribution in [0.25, 0.3) is 0 Å². The van der Waals surface area contributed by atoms with Gasteiger partial charge in [-0.15, -0.1) is 0 Å². The van der Waals surface area contributed by atoms with E-state index in [0.29, 0.717) is 4.47 Å². The third-order valence-corrected chi connectivity index (χ3v) is 3.17. The number of hydrogen-bond donors (Lipinski definition) is 1. The van der Waals surface area contributed by atoms with Gasteiger partial charge in [0, 0.05) is 12.2 Å². The molecule has 0 radical (unpaired) electrons. The van der Waals surface area contributed by atoms with Crippen LogP contribution in [0.4, 0.5) is 10.1 Å². The molecule has 1 N–H and O–H groups in total. The fourth-order valence-electron chi connectivity index (χ4n) is 1.57. The molecule has 0 saturated heterocycles. The lowest BCUT2D eigenvalue weighted by molar-refractivity contribution is 0.621. The van der Waals surface area contributed by atoms with E-state index >= 15 is 0 Å². The fourth-order valence-corrected chi connectivity index (χ4v) is 1.81. The summed E-state index contributed by atoms with van der Waals surface area (Å²) in [5, 5.41) is 3.23. The molecule has 0 atom stereocenters. The Morgan fingerprint density at radius 1 is 1.19 bits per heavy atom. The first-order valence-corrected chi connectivity index (χ1v) is 6.72. The Labute approximate surface area is 106 Å². The first-order chi connectivity index (χ1) is 7.74. The highest BCUT2D eigenvalue weighted by Gasteiger charge is 1.99. The number of anilines is 1. The highest BCUT2D eigenvalue weighted by Crippen LogP contribution is 2.19. The molecule has 0 aliphatic rings. The molecule has 0 amide bonds. The average Bonchev–Trinajstić information content (AvgIpc) is 2.28. The summed E-state index contributed by atoms with van der Waals surface area (Å²) in [4.78, 5) is 0. The van der Waals surface area contributed by atoms with E-state index < -0.39 is 0 Å². The monoisotopic (exact) mass is 287 g/mol. The van der Waals surface area contributed by atoms with Crippen molar-refractivity contribution in [3.05, 3.63) is 28.5 Å². The molecule has 0 unspecified atom stereocenters. The van der Waals surface area contributed by atoms with Gasteiger partial charge in [0.1, 0.15) is 5.82 Å². The smallest absolute Gasteiger partial charge is 0.139 e. The van der Waals surface area contributed by atoms with Crippen molar-refractivity contribution in [2.75, 3.05) is 11.9 Å². The van der Waals surface area contributed by atoms with Crippen LogP contribution < -0.4 is 5.32 Å². The van der Waals surface area contributed by atoms with E-state index in [2.05, 4.69) is 28.2 Å². The van der Waals surface area contributed by atoms with Crippen molar-refractivity contribution >= 4 is 21.6 Å². The molecular weight excluding hydrogens is 269 g/mol. The zero-order chi connectivity index (χ0) is 11.8. The minimum atomic E-state index is -0.212. The van der Waals surface area contributed by atoms with Crippen molar-refractivity contribution in [3.8, 4) is 0 Å². The summed E-state index contributed by atoms with van der Waals surface area (Å²) < 4.78 is 13.7. The minimum absolute atomic E-state index is 0.212. The second-order valence-electron chi connectivity index (χ2n) is 3.97. The molecule has 0 aromatic heterocycles. The number of benzene rings is 1. The van der Waals surface area contributed by atoms with Gasteiger partial charge in [-0.05, 0) is 40.5 Å². The molecule has 0 aliphatic heterocycles. The quantitative estimate of drug-likeness (QED) is 0.698. The highest BCUT2D eigenvalue weighted by atomic mass is 79.9. The molecule has 3 heteroatoms. The third kappa shape index (κ3) is 4.97. The summed E-state index contributed by atoms with van der Waals surface area (Å²) in [7, 11) is 0. The van der Waals surface area contributed by atoms with E-state index in [1.807, 2.05) is 6.07 Å². The van der Waals surface area contributed by atoms with Gasteiger partial charge in [0.25, 0.3) is 0 Å². The Bertz CT molecular complexity index is 315. The van der Waals surface area contributed by atoms with Gasteiger partial charge >= 0.3 is 0 Å². The van der Waals surface area contributed by atoms with Gasteiger partial charge in [-0.2, -0.15) is 0 Å². The topological polar surface area (TPSA) is 12.0 Å².